The summed E-state index contributed by atoms with van der Waals surface area (Å²) >= 11 is 0. The van der Waals surface area contributed by atoms with Gasteiger partial charge in [-0.1, -0.05) is 133 Å². The van der Waals surface area contributed by atoms with Gasteiger partial charge in [-0.05, 0) is 92.3 Å². The van der Waals surface area contributed by atoms with E-state index < -0.39 is 0 Å². The summed E-state index contributed by atoms with van der Waals surface area (Å²) in [6.45, 7) is 0. The van der Waals surface area contributed by atoms with Crippen molar-refractivity contribution >= 4 is 43.9 Å². The first-order valence-electron chi connectivity index (χ1n) is 18.7. The smallest absolute Gasteiger partial charge is 0.164 e. The minimum atomic E-state index is 0.838. The van der Waals surface area contributed by atoms with Crippen molar-refractivity contribution in [2.45, 2.75) is 0 Å². The van der Waals surface area contributed by atoms with E-state index in [1.54, 1.807) is 0 Å². The fourth-order valence-corrected chi connectivity index (χ4v) is 8.18. The minimum absolute atomic E-state index is 0.838. The van der Waals surface area contributed by atoms with Crippen LogP contribution < -0.4 is 0 Å². The molecule has 0 radical (unpaired) electrons. The number of aromatic nitrogens is 6. The Bertz CT molecular complexity index is 2940. The Morgan fingerprint density at radius 2 is 0.643 bits per heavy atom. The van der Waals surface area contributed by atoms with Crippen LogP contribution in [0.3, 0.4) is 0 Å². The lowest BCUT2D eigenvalue weighted by Crippen LogP contribution is -1.98. The Hall–Kier alpha value is -7.70. The molecule has 7 aromatic carbocycles. The van der Waals surface area contributed by atoms with E-state index in [1.807, 2.05) is 73.1 Å². The average molecular weight is 717 g/mol. The van der Waals surface area contributed by atoms with Crippen molar-refractivity contribution in [3.63, 3.8) is 0 Å². The molecule has 0 aliphatic carbocycles. The normalized spacial score (nSPS) is 11.6. The molecule has 6 heteroatoms. The quantitative estimate of drug-likeness (QED) is 0.161. The number of hydrogen-bond donors (Lipinski definition) is 0. The van der Waals surface area contributed by atoms with Crippen LogP contribution in [-0.2, 0) is 0 Å². The van der Waals surface area contributed by atoms with Crippen molar-refractivity contribution in [3.8, 4) is 56.4 Å². The molecule has 0 saturated carbocycles. The molecule has 0 fully saturated rings. The molecular weight excluding hydrogens is 685 g/mol. The lowest BCUT2D eigenvalue weighted by atomic mass is 9.85. The van der Waals surface area contributed by atoms with Gasteiger partial charge < -0.3 is 0 Å². The molecular formula is C50H32N6. The number of nitrogens with zero attached hydrogens (tertiary/aromatic N) is 6. The second kappa shape index (κ2) is 13.0. The van der Waals surface area contributed by atoms with Gasteiger partial charge in [0.2, 0.25) is 0 Å². The summed E-state index contributed by atoms with van der Waals surface area (Å²) in [5, 5.41) is 4.82. The maximum absolute atomic E-state index is 5.06. The maximum atomic E-state index is 5.06. The number of benzene rings is 7. The van der Waals surface area contributed by atoms with Crippen LogP contribution in [0.4, 0.5) is 0 Å². The standard InChI is InChI=1S/C50H32N6/c1-3-13-37(14-4-1)55-47(53-43-21-11-31-51-49(43)55)35-27-23-33(24-28-35)45-39-17-7-9-19-41(39)46(42-20-10-8-18-40(42)45)34-25-29-36(30-26-34)48-54-44-22-12-32-52-50(44)56(48)38-15-5-2-6-16-38/h1-32H. The van der Waals surface area contributed by atoms with E-state index in [9.17, 15) is 0 Å². The van der Waals surface area contributed by atoms with Gasteiger partial charge in [-0.3, -0.25) is 9.13 Å². The van der Waals surface area contributed by atoms with Crippen LogP contribution in [0, 0.1) is 0 Å². The molecule has 0 unspecified atom stereocenters. The van der Waals surface area contributed by atoms with Gasteiger partial charge in [0, 0.05) is 34.9 Å². The first kappa shape index (κ1) is 31.8. The molecule has 6 nitrogen and oxygen atoms in total. The summed E-state index contributed by atoms with van der Waals surface area (Å²) in [5.41, 5.74) is 12.2. The third-order valence-corrected chi connectivity index (χ3v) is 10.7. The summed E-state index contributed by atoms with van der Waals surface area (Å²) in [6.07, 6.45) is 3.65. The second-order valence-electron chi connectivity index (χ2n) is 13.9. The molecule has 0 saturated heterocycles. The monoisotopic (exact) mass is 716 g/mol. The van der Waals surface area contributed by atoms with Gasteiger partial charge in [0.15, 0.2) is 11.3 Å². The molecule has 0 atom stereocenters. The van der Waals surface area contributed by atoms with E-state index in [0.717, 1.165) is 67.6 Å². The summed E-state index contributed by atoms with van der Waals surface area (Å²) in [6, 6.07) is 63.8. The summed E-state index contributed by atoms with van der Waals surface area (Å²) in [7, 11) is 0. The van der Waals surface area contributed by atoms with E-state index in [2.05, 4.69) is 130 Å². The number of imidazole rings is 2. The minimum Gasteiger partial charge on any atom is -0.277 e. The number of fused-ring (bicyclic) bond motifs is 4. The topological polar surface area (TPSA) is 61.4 Å². The number of hydrogen-bond acceptors (Lipinski definition) is 4. The third-order valence-electron chi connectivity index (χ3n) is 10.7. The number of rotatable bonds is 6. The van der Waals surface area contributed by atoms with Crippen LogP contribution >= 0.6 is 0 Å². The van der Waals surface area contributed by atoms with Crippen LogP contribution in [0.5, 0.6) is 0 Å². The first-order valence-corrected chi connectivity index (χ1v) is 18.7. The highest BCUT2D eigenvalue weighted by Crippen LogP contribution is 2.44. The lowest BCUT2D eigenvalue weighted by molar-refractivity contribution is 1.08. The zero-order valence-electron chi connectivity index (χ0n) is 30.2. The molecule has 0 bridgehead atoms. The van der Waals surface area contributed by atoms with Crippen molar-refractivity contribution in [2.75, 3.05) is 0 Å². The number of pyridine rings is 2. The first-order chi connectivity index (χ1) is 27.8. The van der Waals surface area contributed by atoms with Crippen molar-refractivity contribution < 1.29 is 0 Å². The Kier molecular flexibility index (Phi) is 7.38. The fraction of sp³-hybridized carbons (Fsp3) is 0. The van der Waals surface area contributed by atoms with Gasteiger partial charge in [0.05, 0.1) is 0 Å². The molecule has 0 aliphatic heterocycles. The summed E-state index contributed by atoms with van der Waals surface area (Å²) < 4.78 is 4.28. The van der Waals surface area contributed by atoms with Crippen LogP contribution in [0.25, 0.3) is 100 Å². The molecule has 4 aromatic heterocycles. The lowest BCUT2D eigenvalue weighted by Gasteiger charge is -2.18. The average Bonchev–Trinajstić information content (AvgIpc) is 3.86. The molecule has 0 N–H and O–H groups in total. The summed E-state index contributed by atoms with van der Waals surface area (Å²) in [5.74, 6) is 1.72. The molecule has 4 heterocycles. The maximum Gasteiger partial charge on any atom is 0.164 e. The molecule has 56 heavy (non-hydrogen) atoms. The van der Waals surface area contributed by atoms with Crippen molar-refractivity contribution in [1.82, 2.24) is 29.1 Å². The third kappa shape index (κ3) is 5.11. The predicted molar refractivity (Wildman–Crippen MR) is 228 cm³/mol. The van der Waals surface area contributed by atoms with E-state index in [0.29, 0.717) is 0 Å². The fourth-order valence-electron chi connectivity index (χ4n) is 8.18. The molecule has 0 spiro atoms. The molecule has 11 rings (SSSR count). The van der Waals surface area contributed by atoms with Gasteiger partial charge in [-0.15, -0.1) is 0 Å². The second-order valence-corrected chi connectivity index (χ2v) is 13.9. The Morgan fingerprint density at radius 3 is 1.02 bits per heavy atom. The van der Waals surface area contributed by atoms with Gasteiger partial charge in [-0.25, -0.2) is 19.9 Å². The van der Waals surface area contributed by atoms with Crippen LogP contribution in [-0.4, -0.2) is 29.1 Å². The number of para-hydroxylation sites is 2. The highest BCUT2D eigenvalue weighted by molar-refractivity contribution is 6.21. The van der Waals surface area contributed by atoms with Gasteiger partial charge >= 0.3 is 0 Å². The Labute approximate surface area is 322 Å². The van der Waals surface area contributed by atoms with Crippen molar-refractivity contribution in [2.24, 2.45) is 0 Å². The largest absolute Gasteiger partial charge is 0.277 e. The zero-order chi connectivity index (χ0) is 37.0. The molecule has 11 aromatic rings. The van der Waals surface area contributed by atoms with E-state index >= 15 is 0 Å². The van der Waals surface area contributed by atoms with Gasteiger partial charge in [-0.2, -0.15) is 0 Å². The van der Waals surface area contributed by atoms with Crippen molar-refractivity contribution in [3.05, 3.63) is 194 Å². The van der Waals surface area contributed by atoms with Crippen LogP contribution in [0.1, 0.15) is 0 Å². The predicted octanol–water partition coefficient (Wildman–Crippen LogP) is 12.1. The van der Waals surface area contributed by atoms with Crippen LogP contribution in [0.15, 0.2) is 194 Å². The van der Waals surface area contributed by atoms with E-state index in [4.69, 9.17) is 19.9 Å². The SMILES string of the molecule is c1ccc(-n2c(-c3ccc(-c4c5ccccc5c(-c5ccc(-c6nc7cccnc7n6-c6ccccc6)cc5)c5ccccc45)cc3)nc3cccnc32)cc1. The molecule has 262 valence electrons. The van der Waals surface area contributed by atoms with E-state index in [-0.39, 0.29) is 0 Å². The Morgan fingerprint density at radius 1 is 0.304 bits per heavy atom. The Balaban J connectivity index is 1.04. The summed E-state index contributed by atoms with van der Waals surface area (Å²) in [4.78, 5) is 19.5. The van der Waals surface area contributed by atoms with Crippen molar-refractivity contribution in [1.29, 1.82) is 0 Å². The van der Waals surface area contributed by atoms with Crippen LogP contribution in [0.2, 0.25) is 0 Å². The molecule has 0 aliphatic rings. The zero-order valence-corrected chi connectivity index (χ0v) is 30.2. The van der Waals surface area contributed by atoms with E-state index in [1.165, 1.54) is 32.7 Å². The highest BCUT2D eigenvalue weighted by atomic mass is 15.1. The highest BCUT2D eigenvalue weighted by Gasteiger charge is 2.20. The van der Waals surface area contributed by atoms with Gasteiger partial charge in [0.1, 0.15) is 22.7 Å². The van der Waals surface area contributed by atoms with Gasteiger partial charge in [0.25, 0.3) is 0 Å². The molecule has 0 amide bonds.